The van der Waals surface area contributed by atoms with Crippen LogP contribution in [0.2, 0.25) is 0 Å². The van der Waals surface area contributed by atoms with Crippen molar-refractivity contribution < 1.29 is 41.1 Å². The van der Waals surface area contributed by atoms with Crippen LogP contribution in [-0.2, 0) is 21.4 Å². The average Bonchev–Trinajstić information content (AvgIpc) is 3.49. The molecule has 0 saturated heterocycles. The van der Waals surface area contributed by atoms with E-state index in [0.717, 1.165) is 24.9 Å². The number of nitrogens with zero attached hydrogens (tertiary/aromatic N) is 4. The predicted octanol–water partition coefficient (Wildman–Crippen LogP) is 8.28. The highest BCUT2D eigenvalue weighted by atomic mass is 19.4. The first-order valence-corrected chi connectivity index (χ1v) is 15.2. The van der Waals surface area contributed by atoms with Gasteiger partial charge in [0.1, 0.15) is 11.6 Å². The molecule has 3 aromatic rings. The Hall–Kier alpha value is -3.61. The molecule has 3 saturated carbocycles. The lowest BCUT2D eigenvalue weighted by Gasteiger charge is -2.53. The summed E-state index contributed by atoms with van der Waals surface area (Å²) in [6, 6.07) is 7.83. The van der Waals surface area contributed by atoms with E-state index in [9.17, 15) is 27.5 Å². The minimum absolute atomic E-state index is 0.0133. The molecule has 0 atom stereocenters. The van der Waals surface area contributed by atoms with Crippen molar-refractivity contribution in [1.29, 1.82) is 0 Å². The maximum atomic E-state index is 15.1. The molecule has 2 heterocycles. The molecule has 250 valence electrons. The zero-order chi connectivity index (χ0) is 33.9. The maximum Gasteiger partial charge on any atom is 0.427 e. The van der Waals surface area contributed by atoms with Gasteiger partial charge in [0.25, 0.3) is 5.89 Å². The van der Waals surface area contributed by atoms with Gasteiger partial charge in [-0.05, 0) is 103 Å². The molecule has 3 fully saturated rings. The fourth-order valence-electron chi connectivity index (χ4n) is 6.28. The lowest BCUT2D eigenvalue weighted by atomic mass is 9.53. The Morgan fingerprint density at radius 2 is 1.57 bits per heavy atom. The Bertz CT molecular complexity index is 1560. The smallest absolute Gasteiger partial charge is 0.427 e. The highest BCUT2D eigenvalue weighted by Gasteiger charge is 2.55. The van der Waals surface area contributed by atoms with Crippen molar-refractivity contribution in [2.45, 2.75) is 109 Å². The van der Waals surface area contributed by atoms with Crippen molar-refractivity contribution in [1.82, 2.24) is 15.1 Å². The monoisotopic (exact) mass is 650 g/mol. The molecule has 1 aromatic carbocycles. The summed E-state index contributed by atoms with van der Waals surface area (Å²) in [7, 11) is 0. The van der Waals surface area contributed by atoms with Gasteiger partial charge < -0.3 is 14.4 Å². The maximum absolute atomic E-state index is 15.1. The summed E-state index contributed by atoms with van der Waals surface area (Å²) < 4.78 is 81.2. The van der Waals surface area contributed by atoms with E-state index in [1.165, 1.54) is 19.9 Å². The Labute approximate surface area is 264 Å². The number of pyridine rings is 1. The number of carbonyl (C=O) groups is 1. The highest BCUT2D eigenvalue weighted by molar-refractivity contribution is 5.88. The van der Waals surface area contributed by atoms with Gasteiger partial charge in [0.2, 0.25) is 5.60 Å². The van der Waals surface area contributed by atoms with E-state index in [1.54, 1.807) is 38.1 Å². The number of amides is 1. The average molecular weight is 651 g/mol. The number of fused-ring (bicyclic) bond motifs is 3. The molecule has 2 aromatic heterocycles. The van der Waals surface area contributed by atoms with E-state index >= 15 is 4.39 Å². The Morgan fingerprint density at radius 3 is 2.07 bits per heavy atom. The zero-order valence-corrected chi connectivity index (χ0v) is 26.8. The molecule has 6 rings (SSSR count). The standard InChI is InChI=1S/C33H39F5N4O4/c1-28(2,35)26-40-25(41-46-26)32-14-11-31(12-15-32,13-16-32)19-42(27(43)45-30(5,6)33(36,37)38)24-17-22(23(34)18-39-24)20-7-9-21(10-8-20)29(3,4)44/h7-10,17-18,44H,11-16,19H2,1-6H3. The Kier molecular flexibility index (Phi) is 8.27. The van der Waals surface area contributed by atoms with Crippen molar-refractivity contribution in [3.05, 3.63) is 59.6 Å². The van der Waals surface area contributed by atoms with Gasteiger partial charge >= 0.3 is 12.3 Å². The van der Waals surface area contributed by atoms with Crippen LogP contribution in [0.1, 0.15) is 97.3 Å². The first-order chi connectivity index (χ1) is 21.1. The number of halogens is 5. The predicted molar refractivity (Wildman–Crippen MR) is 159 cm³/mol. The third kappa shape index (κ3) is 6.47. The lowest BCUT2D eigenvalue weighted by molar-refractivity contribution is -0.243. The number of carbonyl (C=O) groups excluding carboxylic acids is 1. The number of benzene rings is 1. The van der Waals surface area contributed by atoms with Gasteiger partial charge in [0.15, 0.2) is 11.5 Å². The van der Waals surface area contributed by atoms with Crippen LogP contribution < -0.4 is 4.90 Å². The van der Waals surface area contributed by atoms with Gasteiger partial charge in [-0.1, -0.05) is 29.4 Å². The molecule has 0 spiro atoms. The van der Waals surface area contributed by atoms with Gasteiger partial charge in [-0.2, -0.15) is 18.2 Å². The number of ether oxygens (including phenoxy) is 1. The van der Waals surface area contributed by atoms with Crippen LogP contribution in [0.5, 0.6) is 0 Å². The molecule has 0 radical (unpaired) electrons. The number of hydrogen-bond donors (Lipinski definition) is 1. The molecular weight excluding hydrogens is 611 g/mol. The number of rotatable bonds is 8. The third-order valence-corrected chi connectivity index (χ3v) is 9.57. The Morgan fingerprint density at radius 1 is 0.978 bits per heavy atom. The van der Waals surface area contributed by atoms with E-state index in [1.807, 2.05) is 0 Å². The number of anilines is 1. The van der Waals surface area contributed by atoms with Crippen LogP contribution in [-0.4, -0.2) is 44.6 Å². The molecule has 1 N–H and O–H groups in total. The van der Waals surface area contributed by atoms with Gasteiger partial charge in [-0.15, -0.1) is 0 Å². The summed E-state index contributed by atoms with van der Waals surface area (Å²) in [6.45, 7) is 7.42. The van der Waals surface area contributed by atoms with Crippen LogP contribution in [0, 0.1) is 11.2 Å². The SMILES string of the molecule is CC(C)(O)c1ccc(-c2cc(N(CC34CCC(c5noc(C(C)(C)F)n5)(CC3)CC4)C(=O)OC(C)(C)C(F)(F)F)ncc2F)cc1. The normalized spacial score (nSPS) is 22.2. The second-order valence-corrected chi connectivity index (χ2v) is 14.3. The summed E-state index contributed by atoms with van der Waals surface area (Å²) >= 11 is 0. The van der Waals surface area contributed by atoms with Crippen LogP contribution in [0.3, 0.4) is 0 Å². The van der Waals surface area contributed by atoms with E-state index in [-0.39, 0.29) is 23.8 Å². The molecule has 0 unspecified atom stereocenters. The molecule has 2 bridgehead atoms. The fourth-order valence-corrected chi connectivity index (χ4v) is 6.28. The topological polar surface area (TPSA) is 102 Å². The summed E-state index contributed by atoms with van der Waals surface area (Å²) in [5.74, 6) is -0.424. The molecule has 1 amide bonds. The minimum Gasteiger partial charge on any atom is -0.433 e. The van der Waals surface area contributed by atoms with Gasteiger partial charge in [-0.25, -0.2) is 18.6 Å². The largest absolute Gasteiger partial charge is 0.433 e. The van der Waals surface area contributed by atoms with Crippen molar-refractivity contribution in [3.63, 3.8) is 0 Å². The molecule has 0 aliphatic heterocycles. The minimum atomic E-state index is -4.84. The molecule has 3 aliphatic rings. The number of aromatic nitrogens is 3. The highest BCUT2D eigenvalue weighted by Crippen LogP contribution is 2.58. The van der Waals surface area contributed by atoms with Crippen molar-refractivity contribution in [2.75, 3.05) is 11.4 Å². The summed E-state index contributed by atoms with van der Waals surface area (Å²) in [6.07, 6.45) is -1.63. The molecule has 46 heavy (non-hydrogen) atoms. The van der Waals surface area contributed by atoms with E-state index < -0.39 is 45.8 Å². The van der Waals surface area contributed by atoms with Crippen molar-refractivity contribution in [3.8, 4) is 11.1 Å². The van der Waals surface area contributed by atoms with Crippen LogP contribution in [0.25, 0.3) is 11.1 Å². The van der Waals surface area contributed by atoms with Crippen LogP contribution >= 0.6 is 0 Å². The summed E-state index contributed by atoms with van der Waals surface area (Å²) in [5, 5.41) is 14.4. The Balaban J connectivity index is 1.46. The van der Waals surface area contributed by atoms with Crippen molar-refractivity contribution in [2.24, 2.45) is 5.41 Å². The molecular formula is C33H39F5N4O4. The number of alkyl halides is 4. The quantitative estimate of drug-likeness (QED) is 0.245. The second-order valence-electron chi connectivity index (χ2n) is 14.3. The zero-order valence-electron chi connectivity index (χ0n) is 26.8. The van der Waals surface area contributed by atoms with Gasteiger partial charge in [0, 0.05) is 17.5 Å². The lowest BCUT2D eigenvalue weighted by Crippen LogP contribution is -2.53. The van der Waals surface area contributed by atoms with E-state index in [0.29, 0.717) is 55.5 Å². The first kappa shape index (κ1) is 33.7. The first-order valence-electron chi connectivity index (χ1n) is 15.2. The van der Waals surface area contributed by atoms with Crippen LogP contribution in [0.4, 0.5) is 32.6 Å². The summed E-state index contributed by atoms with van der Waals surface area (Å²) in [5.41, 5.74) is -5.56. The second kappa shape index (κ2) is 11.3. The molecule has 8 nitrogen and oxygen atoms in total. The third-order valence-electron chi connectivity index (χ3n) is 9.57. The van der Waals surface area contributed by atoms with Gasteiger partial charge in [-0.3, -0.25) is 4.90 Å². The van der Waals surface area contributed by atoms with Crippen LogP contribution in [0.15, 0.2) is 41.1 Å². The number of hydrogen-bond acceptors (Lipinski definition) is 7. The van der Waals surface area contributed by atoms with E-state index in [2.05, 4.69) is 15.1 Å². The number of aliphatic hydroxyl groups is 1. The summed E-state index contributed by atoms with van der Waals surface area (Å²) in [4.78, 5) is 23.1. The van der Waals surface area contributed by atoms with Gasteiger partial charge in [0.05, 0.1) is 11.8 Å². The van der Waals surface area contributed by atoms with Crippen molar-refractivity contribution >= 4 is 11.9 Å². The van der Waals surface area contributed by atoms with E-state index in [4.69, 9.17) is 9.26 Å². The molecule has 13 heteroatoms. The fraction of sp³-hybridized carbons (Fsp3) is 0.576. The molecule has 3 aliphatic carbocycles.